The zero-order chi connectivity index (χ0) is 14.5. The standard InChI is InChI=1S/C15H16ClNO3/c1-19-14-9-11(8-12(16)15(14)20-2)13(18)7-10-3-5-17-6-4-10/h3-6,8-9,13,18H,7H2,1-2H3. The molecule has 1 aromatic heterocycles. The van der Waals surface area contributed by atoms with Gasteiger partial charge in [0, 0.05) is 18.8 Å². The minimum atomic E-state index is -0.672. The fourth-order valence-corrected chi connectivity index (χ4v) is 2.29. The van der Waals surface area contributed by atoms with Gasteiger partial charge in [-0.05, 0) is 35.4 Å². The molecule has 2 aromatic rings. The maximum absolute atomic E-state index is 10.3. The Bertz CT molecular complexity index is 575. The Labute approximate surface area is 122 Å². The van der Waals surface area contributed by atoms with Crippen LogP contribution in [0.3, 0.4) is 0 Å². The number of benzene rings is 1. The molecule has 1 atom stereocenters. The van der Waals surface area contributed by atoms with E-state index < -0.39 is 6.10 Å². The van der Waals surface area contributed by atoms with Crippen molar-refractivity contribution in [2.45, 2.75) is 12.5 Å². The first kappa shape index (κ1) is 14.6. The molecule has 0 aliphatic heterocycles. The van der Waals surface area contributed by atoms with Gasteiger partial charge in [-0.1, -0.05) is 11.6 Å². The van der Waals surface area contributed by atoms with Crippen LogP contribution in [0.25, 0.3) is 0 Å². The van der Waals surface area contributed by atoms with Crippen molar-refractivity contribution in [2.75, 3.05) is 14.2 Å². The molecule has 1 unspecified atom stereocenters. The third kappa shape index (κ3) is 3.21. The van der Waals surface area contributed by atoms with E-state index in [1.807, 2.05) is 12.1 Å². The smallest absolute Gasteiger partial charge is 0.179 e. The predicted octanol–water partition coefficient (Wildman–Crippen LogP) is 3.03. The lowest BCUT2D eigenvalue weighted by atomic mass is 10.0. The topological polar surface area (TPSA) is 51.6 Å². The van der Waals surface area contributed by atoms with E-state index >= 15 is 0 Å². The van der Waals surface area contributed by atoms with Gasteiger partial charge < -0.3 is 14.6 Å². The Hall–Kier alpha value is -1.78. The molecule has 0 bridgehead atoms. The van der Waals surface area contributed by atoms with E-state index in [-0.39, 0.29) is 0 Å². The fourth-order valence-electron chi connectivity index (χ4n) is 1.99. The zero-order valence-electron chi connectivity index (χ0n) is 11.3. The highest BCUT2D eigenvalue weighted by atomic mass is 35.5. The van der Waals surface area contributed by atoms with Gasteiger partial charge in [0.05, 0.1) is 25.3 Å². The van der Waals surface area contributed by atoms with Crippen LogP contribution in [0.2, 0.25) is 5.02 Å². The van der Waals surface area contributed by atoms with E-state index in [1.54, 1.807) is 24.5 Å². The highest BCUT2D eigenvalue weighted by Gasteiger charge is 2.16. The van der Waals surface area contributed by atoms with Crippen molar-refractivity contribution in [3.05, 3.63) is 52.8 Å². The number of halogens is 1. The first-order chi connectivity index (χ1) is 9.65. The lowest BCUT2D eigenvalue weighted by molar-refractivity contribution is 0.178. The second kappa shape index (κ2) is 6.59. The zero-order valence-corrected chi connectivity index (χ0v) is 12.1. The van der Waals surface area contributed by atoms with Crippen LogP contribution in [0.15, 0.2) is 36.7 Å². The molecule has 1 aromatic carbocycles. The van der Waals surface area contributed by atoms with Crippen molar-refractivity contribution in [2.24, 2.45) is 0 Å². The number of aromatic nitrogens is 1. The molecular formula is C15H16ClNO3. The van der Waals surface area contributed by atoms with Gasteiger partial charge in [0.1, 0.15) is 0 Å². The Morgan fingerprint density at radius 2 is 1.90 bits per heavy atom. The summed E-state index contributed by atoms with van der Waals surface area (Å²) in [6.45, 7) is 0. The third-order valence-corrected chi connectivity index (χ3v) is 3.30. The average Bonchev–Trinajstić information content (AvgIpc) is 2.47. The summed E-state index contributed by atoms with van der Waals surface area (Å²) in [5, 5.41) is 10.7. The minimum Gasteiger partial charge on any atom is -0.493 e. The molecule has 0 saturated carbocycles. The fraction of sp³-hybridized carbons (Fsp3) is 0.267. The molecule has 2 rings (SSSR count). The average molecular weight is 294 g/mol. The van der Waals surface area contributed by atoms with Crippen LogP contribution in [0, 0.1) is 0 Å². The molecule has 1 N–H and O–H groups in total. The molecule has 0 spiro atoms. The van der Waals surface area contributed by atoms with Gasteiger partial charge in [-0.25, -0.2) is 0 Å². The Kier molecular flexibility index (Phi) is 4.82. The molecule has 0 aliphatic rings. The normalized spacial score (nSPS) is 12.0. The molecule has 5 heteroatoms. The van der Waals surface area contributed by atoms with Crippen LogP contribution in [0.1, 0.15) is 17.2 Å². The SMILES string of the molecule is COc1cc(C(O)Cc2ccncc2)cc(Cl)c1OC. The summed E-state index contributed by atoms with van der Waals surface area (Å²) in [4.78, 5) is 3.95. The first-order valence-corrected chi connectivity index (χ1v) is 6.52. The van der Waals surface area contributed by atoms with Gasteiger partial charge in [0.25, 0.3) is 0 Å². The first-order valence-electron chi connectivity index (χ1n) is 6.14. The van der Waals surface area contributed by atoms with Crippen LogP contribution in [0.4, 0.5) is 0 Å². The second-order valence-electron chi connectivity index (χ2n) is 4.31. The van der Waals surface area contributed by atoms with Crippen molar-refractivity contribution in [3.8, 4) is 11.5 Å². The molecule has 106 valence electrons. The molecule has 0 amide bonds. The molecule has 0 aliphatic carbocycles. The van der Waals surface area contributed by atoms with Crippen molar-refractivity contribution in [1.29, 1.82) is 0 Å². The number of aliphatic hydroxyl groups excluding tert-OH is 1. The van der Waals surface area contributed by atoms with E-state index in [1.165, 1.54) is 14.2 Å². The molecule has 0 saturated heterocycles. The molecule has 0 radical (unpaired) electrons. The van der Waals surface area contributed by atoms with Gasteiger partial charge in [-0.2, -0.15) is 0 Å². The van der Waals surface area contributed by atoms with Crippen molar-refractivity contribution >= 4 is 11.6 Å². The number of methoxy groups -OCH3 is 2. The highest BCUT2D eigenvalue weighted by molar-refractivity contribution is 6.32. The Balaban J connectivity index is 2.26. The maximum Gasteiger partial charge on any atom is 0.179 e. The predicted molar refractivity (Wildman–Crippen MR) is 77.5 cm³/mol. The summed E-state index contributed by atoms with van der Waals surface area (Å²) < 4.78 is 10.4. The Morgan fingerprint density at radius 1 is 1.20 bits per heavy atom. The Morgan fingerprint density at radius 3 is 2.50 bits per heavy atom. The van der Waals surface area contributed by atoms with E-state index in [2.05, 4.69) is 4.98 Å². The molecule has 1 heterocycles. The maximum atomic E-state index is 10.3. The number of pyridine rings is 1. The lowest BCUT2D eigenvalue weighted by Gasteiger charge is -2.15. The second-order valence-corrected chi connectivity index (χ2v) is 4.72. The van der Waals surface area contributed by atoms with Gasteiger partial charge in [-0.3, -0.25) is 4.98 Å². The summed E-state index contributed by atoms with van der Waals surface area (Å²) in [7, 11) is 3.06. The molecule has 0 fully saturated rings. The van der Waals surface area contributed by atoms with E-state index in [9.17, 15) is 5.11 Å². The number of hydrogen-bond donors (Lipinski definition) is 1. The van der Waals surface area contributed by atoms with Crippen LogP contribution >= 0.6 is 11.6 Å². The number of aliphatic hydroxyl groups is 1. The number of rotatable bonds is 5. The molecular weight excluding hydrogens is 278 g/mol. The molecule has 4 nitrogen and oxygen atoms in total. The summed E-state index contributed by atoms with van der Waals surface area (Å²) in [5.41, 5.74) is 1.68. The lowest BCUT2D eigenvalue weighted by Crippen LogP contribution is -2.03. The summed E-state index contributed by atoms with van der Waals surface area (Å²) in [6, 6.07) is 7.16. The summed E-state index contributed by atoms with van der Waals surface area (Å²) in [6.07, 6.45) is 3.21. The molecule has 20 heavy (non-hydrogen) atoms. The van der Waals surface area contributed by atoms with Crippen LogP contribution in [-0.2, 0) is 6.42 Å². The van der Waals surface area contributed by atoms with Crippen molar-refractivity contribution in [1.82, 2.24) is 4.98 Å². The third-order valence-electron chi connectivity index (χ3n) is 3.02. The van der Waals surface area contributed by atoms with E-state index in [0.717, 1.165) is 5.56 Å². The van der Waals surface area contributed by atoms with E-state index in [0.29, 0.717) is 28.5 Å². The van der Waals surface area contributed by atoms with Gasteiger partial charge in [0.15, 0.2) is 11.5 Å². The monoisotopic (exact) mass is 293 g/mol. The van der Waals surface area contributed by atoms with Crippen molar-refractivity contribution < 1.29 is 14.6 Å². The summed E-state index contributed by atoms with van der Waals surface area (Å²) >= 11 is 6.13. The van der Waals surface area contributed by atoms with Crippen molar-refractivity contribution in [3.63, 3.8) is 0 Å². The van der Waals surface area contributed by atoms with Gasteiger partial charge in [-0.15, -0.1) is 0 Å². The minimum absolute atomic E-state index is 0.413. The van der Waals surface area contributed by atoms with Crippen LogP contribution in [-0.4, -0.2) is 24.3 Å². The summed E-state index contributed by atoms with van der Waals surface area (Å²) in [5.74, 6) is 0.970. The van der Waals surface area contributed by atoms with Gasteiger partial charge in [0.2, 0.25) is 0 Å². The number of hydrogen-bond acceptors (Lipinski definition) is 4. The number of ether oxygens (including phenoxy) is 2. The highest BCUT2D eigenvalue weighted by Crippen LogP contribution is 2.38. The quantitative estimate of drug-likeness (QED) is 0.920. The van der Waals surface area contributed by atoms with Crippen LogP contribution < -0.4 is 9.47 Å². The largest absolute Gasteiger partial charge is 0.493 e. The number of nitrogens with zero attached hydrogens (tertiary/aromatic N) is 1. The van der Waals surface area contributed by atoms with Crippen LogP contribution in [0.5, 0.6) is 11.5 Å². The van der Waals surface area contributed by atoms with E-state index in [4.69, 9.17) is 21.1 Å². The van der Waals surface area contributed by atoms with Gasteiger partial charge >= 0.3 is 0 Å².